The molecule has 0 bridgehead atoms. The fourth-order valence-electron chi connectivity index (χ4n) is 2.34. The minimum absolute atomic E-state index is 0.716. The molecule has 3 nitrogen and oxygen atoms in total. The number of aryl methyl sites for hydroxylation is 2. The topological polar surface area (TPSA) is 52.5 Å². The Bertz CT molecular complexity index is 558. The van der Waals surface area contributed by atoms with Gasteiger partial charge in [-0.05, 0) is 37.8 Å². The molecule has 1 aromatic rings. The smallest absolute Gasteiger partial charge is 0.0991 e. The third kappa shape index (κ3) is 3.03. The van der Waals surface area contributed by atoms with Crippen LogP contribution in [0.4, 0.5) is 0 Å². The van der Waals surface area contributed by atoms with Crippen molar-refractivity contribution in [1.29, 1.82) is 5.26 Å². The van der Waals surface area contributed by atoms with Crippen molar-refractivity contribution in [3.8, 4) is 6.07 Å². The highest BCUT2D eigenvalue weighted by molar-refractivity contribution is 5.41. The van der Waals surface area contributed by atoms with Gasteiger partial charge in [0.1, 0.15) is 0 Å². The van der Waals surface area contributed by atoms with E-state index in [2.05, 4.69) is 42.3 Å². The fourth-order valence-corrected chi connectivity index (χ4v) is 2.34. The Morgan fingerprint density at radius 3 is 2.84 bits per heavy atom. The molecule has 1 heterocycles. The summed E-state index contributed by atoms with van der Waals surface area (Å²) in [5.74, 6) is 0. The summed E-state index contributed by atoms with van der Waals surface area (Å²) in [6, 6.07) is 2.18. The van der Waals surface area contributed by atoms with Crippen LogP contribution in [0.2, 0.25) is 0 Å². The van der Waals surface area contributed by atoms with Gasteiger partial charge in [-0.15, -0.1) is 0 Å². The van der Waals surface area contributed by atoms with Crippen molar-refractivity contribution in [2.75, 3.05) is 0 Å². The van der Waals surface area contributed by atoms with E-state index in [9.17, 15) is 0 Å². The van der Waals surface area contributed by atoms with Crippen LogP contribution in [0.3, 0.4) is 0 Å². The second-order valence-electron chi connectivity index (χ2n) is 4.68. The van der Waals surface area contributed by atoms with Gasteiger partial charge in [0.15, 0.2) is 0 Å². The maximum Gasteiger partial charge on any atom is 0.0991 e. The fraction of sp³-hybridized carbons (Fsp3) is 0.375. The van der Waals surface area contributed by atoms with Gasteiger partial charge in [0.05, 0.1) is 17.3 Å². The molecule has 98 valence electrons. The van der Waals surface area contributed by atoms with E-state index >= 15 is 0 Å². The Kier molecular flexibility index (Phi) is 4.35. The lowest BCUT2D eigenvalue weighted by molar-refractivity contribution is 0.936. The van der Waals surface area contributed by atoms with Crippen molar-refractivity contribution in [2.45, 2.75) is 39.5 Å². The van der Waals surface area contributed by atoms with Crippen molar-refractivity contribution in [3.05, 3.63) is 52.4 Å². The quantitative estimate of drug-likeness (QED) is 0.894. The second kappa shape index (κ2) is 6.19. The summed E-state index contributed by atoms with van der Waals surface area (Å²) in [4.78, 5) is 0. The molecular formula is C16H19N3. The van der Waals surface area contributed by atoms with Crippen LogP contribution in [0.15, 0.2) is 35.5 Å². The molecule has 19 heavy (non-hydrogen) atoms. The van der Waals surface area contributed by atoms with Gasteiger partial charge >= 0.3 is 0 Å². The van der Waals surface area contributed by atoms with Crippen LogP contribution in [0.5, 0.6) is 0 Å². The lowest BCUT2D eigenvalue weighted by atomic mass is 9.98. The van der Waals surface area contributed by atoms with Gasteiger partial charge in [-0.3, -0.25) is 5.10 Å². The number of hydrogen-bond donors (Lipinski definition) is 1. The zero-order chi connectivity index (χ0) is 13.7. The first-order valence-electron chi connectivity index (χ1n) is 6.79. The second-order valence-corrected chi connectivity index (χ2v) is 4.68. The molecule has 0 saturated heterocycles. The molecule has 1 aliphatic rings. The molecule has 0 aliphatic heterocycles. The summed E-state index contributed by atoms with van der Waals surface area (Å²) in [5, 5.41) is 16.4. The summed E-state index contributed by atoms with van der Waals surface area (Å²) < 4.78 is 0. The monoisotopic (exact) mass is 253 g/mol. The number of hydrogen-bond acceptors (Lipinski definition) is 2. The molecule has 0 radical (unpaired) electrons. The Labute approximate surface area is 114 Å². The van der Waals surface area contributed by atoms with E-state index in [4.69, 9.17) is 5.26 Å². The molecule has 0 saturated carbocycles. The van der Waals surface area contributed by atoms with Gasteiger partial charge in [0, 0.05) is 11.3 Å². The largest absolute Gasteiger partial charge is 0.282 e. The highest BCUT2D eigenvalue weighted by Gasteiger charge is 2.12. The first-order chi connectivity index (χ1) is 9.28. The zero-order valence-corrected chi connectivity index (χ0v) is 11.5. The van der Waals surface area contributed by atoms with Gasteiger partial charge in [0.25, 0.3) is 0 Å². The third-order valence-corrected chi connectivity index (χ3v) is 3.44. The molecule has 3 heteroatoms. The third-order valence-electron chi connectivity index (χ3n) is 3.44. The number of aromatic amines is 1. The minimum atomic E-state index is 0.716. The summed E-state index contributed by atoms with van der Waals surface area (Å²) in [7, 11) is 0. The van der Waals surface area contributed by atoms with Crippen LogP contribution in [-0.4, -0.2) is 10.2 Å². The number of rotatable bonds is 4. The first kappa shape index (κ1) is 13.4. The Morgan fingerprint density at radius 1 is 1.32 bits per heavy atom. The van der Waals surface area contributed by atoms with Gasteiger partial charge in [-0.25, -0.2) is 0 Å². The Hall–Kier alpha value is -2.08. The number of nitrogens with one attached hydrogen (secondary N) is 1. The highest BCUT2D eigenvalue weighted by atomic mass is 15.1. The molecule has 1 N–H and O–H groups in total. The molecule has 0 fully saturated rings. The molecule has 2 rings (SSSR count). The van der Waals surface area contributed by atoms with Crippen LogP contribution in [0.1, 0.15) is 37.2 Å². The maximum absolute atomic E-state index is 8.91. The van der Waals surface area contributed by atoms with Crippen molar-refractivity contribution < 1.29 is 0 Å². The van der Waals surface area contributed by atoms with Crippen molar-refractivity contribution >= 4 is 0 Å². The molecule has 0 spiro atoms. The molecule has 0 amide bonds. The Balaban J connectivity index is 2.25. The molecule has 0 atom stereocenters. The van der Waals surface area contributed by atoms with E-state index < -0.39 is 0 Å². The summed E-state index contributed by atoms with van der Waals surface area (Å²) in [6.45, 7) is 4.28. The normalized spacial score (nSPS) is 14.6. The summed E-state index contributed by atoms with van der Waals surface area (Å²) in [6.07, 6.45) is 11.7. The average molecular weight is 253 g/mol. The van der Waals surface area contributed by atoms with Gasteiger partial charge in [-0.1, -0.05) is 31.6 Å². The molecular weight excluding hydrogens is 234 g/mol. The minimum Gasteiger partial charge on any atom is -0.282 e. The van der Waals surface area contributed by atoms with E-state index in [1.54, 1.807) is 0 Å². The summed E-state index contributed by atoms with van der Waals surface area (Å²) in [5.41, 5.74) is 5.77. The lowest BCUT2D eigenvalue weighted by Gasteiger charge is -2.06. The first-order valence-corrected chi connectivity index (χ1v) is 6.79. The van der Waals surface area contributed by atoms with E-state index in [0.29, 0.717) is 5.57 Å². The van der Waals surface area contributed by atoms with E-state index in [-0.39, 0.29) is 0 Å². The average Bonchev–Trinajstić information content (AvgIpc) is 2.68. The van der Waals surface area contributed by atoms with E-state index in [1.165, 1.54) is 16.8 Å². The maximum atomic E-state index is 8.91. The van der Waals surface area contributed by atoms with Gasteiger partial charge in [-0.2, -0.15) is 10.4 Å². The number of H-pyrrole nitrogens is 1. The van der Waals surface area contributed by atoms with Crippen LogP contribution >= 0.6 is 0 Å². The van der Waals surface area contributed by atoms with Crippen molar-refractivity contribution in [1.82, 2.24) is 10.2 Å². The van der Waals surface area contributed by atoms with Crippen molar-refractivity contribution in [3.63, 3.8) is 0 Å². The number of aromatic nitrogens is 2. The predicted molar refractivity (Wildman–Crippen MR) is 76.6 cm³/mol. The molecule has 1 aromatic heterocycles. The number of nitrogens with zero attached hydrogens (tertiary/aromatic N) is 2. The molecule has 1 aliphatic carbocycles. The van der Waals surface area contributed by atoms with Crippen LogP contribution < -0.4 is 0 Å². The van der Waals surface area contributed by atoms with E-state index in [1.807, 2.05) is 12.2 Å². The predicted octanol–water partition coefficient (Wildman–Crippen LogP) is 3.41. The molecule has 0 unspecified atom stereocenters. The lowest BCUT2D eigenvalue weighted by Crippen LogP contribution is -1.97. The van der Waals surface area contributed by atoms with Crippen LogP contribution in [-0.2, 0) is 19.3 Å². The SMILES string of the molecule is CCc1n[nH]c(CC)c1CC1=CC=C(C#N)C=CC1. The van der Waals surface area contributed by atoms with Crippen LogP contribution in [0, 0.1) is 11.3 Å². The zero-order valence-electron chi connectivity index (χ0n) is 11.5. The molecule has 0 aromatic carbocycles. The standard InChI is InChI=1S/C16H19N3/c1-3-15-14(16(4-2)19-18-15)10-12-6-5-7-13(11-17)9-8-12/h5,7-9H,3-4,6,10H2,1-2H3,(H,18,19). The number of allylic oxidation sites excluding steroid dienone is 6. The van der Waals surface area contributed by atoms with Crippen LogP contribution in [0.25, 0.3) is 0 Å². The van der Waals surface area contributed by atoms with Gasteiger partial charge < -0.3 is 0 Å². The number of nitriles is 1. The van der Waals surface area contributed by atoms with Crippen molar-refractivity contribution in [2.24, 2.45) is 0 Å². The Morgan fingerprint density at radius 2 is 2.16 bits per heavy atom. The summed E-state index contributed by atoms with van der Waals surface area (Å²) >= 11 is 0. The van der Waals surface area contributed by atoms with E-state index in [0.717, 1.165) is 31.4 Å². The highest BCUT2D eigenvalue weighted by Crippen LogP contribution is 2.21. The van der Waals surface area contributed by atoms with Gasteiger partial charge in [0.2, 0.25) is 0 Å².